The highest BCUT2D eigenvalue weighted by Crippen LogP contribution is 2.38. The summed E-state index contributed by atoms with van der Waals surface area (Å²) in [6.07, 6.45) is -3.41. The van der Waals surface area contributed by atoms with Crippen molar-refractivity contribution in [1.29, 1.82) is 0 Å². The van der Waals surface area contributed by atoms with Crippen LogP contribution in [-0.2, 0) is 9.53 Å². The summed E-state index contributed by atoms with van der Waals surface area (Å²) in [4.78, 5) is 34.0. The van der Waals surface area contributed by atoms with Gasteiger partial charge in [-0.2, -0.15) is 13.2 Å². The van der Waals surface area contributed by atoms with Crippen molar-refractivity contribution < 1.29 is 32.2 Å². The molecule has 1 unspecified atom stereocenters. The number of anilines is 2. The molecule has 3 heterocycles. The molecule has 0 spiro atoms. The molecule has 8 nitrogen and oxygen atoms in total. The molecule has 4 rings (SSSR count). The predicted molar refractivity (Wildman–Crippen MR) is 125 cm³/mol. The molecular weight excluding hydrogens is 509 g/mol. The Morgan fingerprint density at radius 2 is 2.06 bits per heavy atom. The van der Waals surface area contributed by atoms with Crippen LogP contribution >= 0.6 is 22.9 Å². The van der Waals surface area contributed by atoms with Gasteiger partial charge in [-0.3, -0.25) is 4.79 Å². The van der Waals surface area contributed by atoms with Gasteiger partial charge in [0, 0.05) is 17.6 Å². The standard InChI is InChI=1S/C22H20ClF3N4O4S/c1-11-16-18(27-10-28-19(16)35-17(11)20(31)33-2)29-14-6-5-12(23)8-15(14)34-13-4-3-7-30(9-13)21(32)22(24,25)26/h5-6,8,10,13H,3-4,7,9H2,1-2H3,(H,27,28,29). The lowest BCUT2D eigenvalue weighted by Gasteiger charge is -2.33. The first-order valence-corrected chi connectivity index (χ1v) is 11.7. The molecule has 1 atom stereocenters. The number of aromatic nitrogens is 2. The number of likely N-dealkylation sites (tertiary alicyclic amines) is 1. The fraction of sp³-hybridized carbons (Fsp3) is 0.364. The smallest absolute Gasteiger partial charge is 0.471 e. The minimum absolute atomic E-state index is 0.0116. The number of carbonyl (C=O) groups is 2. The molecule has 35 heavy (non-hydrogen) atoms. The van der Waals surface area contributed by atoms with Crippen molar-refractivity contribution in [1.82, 2.24) is 14.9 Å². The van der Waals surface area contributed by atoms with Gasteiger partial charge in [-0.15, -0.1) is 11.3 Å². The molecule has 1 N–H and O–H groups in total. The fourth-order valence-electron chi connectivity index (χ4n) is 3.86. The number of benzene rings is 1. The van der Waals surface area contributed by atoms with Crippen molar-refractivity contribution in [2.45, 2.75) is 32.0 Å². The van der Waals surface area contributed by atoms with Gasteiger partial charge < -0.3 is 19.7 Å². The van der Waals surface area contributed by atoms with E-state index in [1.54, 1.807) is 19.1 Å². The second-order valence-electron chi connectivity index (χ2n) is 7.85. The van der Waals surface area contributed by atoms with Gasteiger partial charge in [0.1, 0.15) is 33.7 Å². The van der Waals surface area contributed by atoms with Crippen LogP contribution in [0, 0.1) is 6.92 Å². The van der Waals surface area contributed by atoms with E-state index in [-0.39, 0.29) is 18.8 Å². The number of rotatable bonds is 5. The molecule has 3 aromatic rings. The summed E-state index contributed by atoms with van der Waals surface area (Å²) >= 11 is 7.33. The zero-order valence-electron chi connectivity index (χ0n) is 18.6. The van der Waals surface area contributed by atoms with E-state index in [1.165, 1.54) is 30.8 Å². The maximum absolute atomic E-state index is 12.9. The highest BCUT2D eigenvalue weighted by atomic mass is 35.5. The summed E-state index contributed by atoms with van der Waals surface area (Å²) in [6, 6.07) is 4.80. The van der Waals surface area contributed by atoms with Crippen LogP contribution in [0.3, 0.4) is 0 Å². The van der Waals surface area contributed by atoms with Crippen molar-refractivity contribution in [3.63, 3.8) is 0 Å². The zero-order chi connectivity index (χ0) is 25.3. The number of esters is 1. The van der Waals surface area contributed by atoms with Crippen LogP contribution in [0.5, 0.6) is 5.75 Å². The third-order valence-electron chi connectivity index (χ3n) is 5.50. The fourth-order valence-corrected chi connectivity index (χ4v) is 5.08. The number of aryl methyl sites for hydroxylation is 1. The van der Waals surface area contributed by atoms with Gasteiger partial charge >= 0.3 is 18.1 Å². The first-order valence-electron chi connectivity index (χ1n) is 10.5. The topological polar surface area (TPSA) is 93.7 Å². The first-order chi connectivity index (χ1) is 16.6. The van der Waals surface area contributed by atoms with E-state index in [4.69, 9.17) is 21.1 Å². The Bertz CT molecular complexity index is 1280. The molecule has 1 amide bonds. The number of methoxy groups -OCH3 is 1. The Labute approximate surface area is 207 Å². The van der Waals surface area contributed by atoms with E-state index in [9.17, 15) is 22.8 Å². The molecule has 0 aliphatic carbocycles. The van der Waals surface area contributed by atoms with Gasteiger partial charge in [-0.1, -0.05) is 11.6 Å². The van der Waals surface area contributed by atoms with E-state index < -0.39 is 24.2 Å². The van der Waals surface area contributed by atoms with E-state index in [0.717, 1.165) is 4.90 Å². The quantitative estimate of drug-likeness (QED) is 0.460. The Morgan fingerprint density at radius 3 is 2.77 bits per heavy atom. The predicted octanol–water partition coefficient (Wildman–Crippen LogP) is 5.12. The number of piperidine rings is 1. The van der Waals surface area contributed by atoms with Crippen LogP contribution in [0.15, 0.2) is 24.5 Å². The van der Waals surface area contributed by atoms with E-state index >= 15 is 0 Å². The SMILES string of the molecule is COC(=O)c1sc2ncnc(Nc3ccc(Cl)cc3OC3CCCN(C(=O)C(F)(F)F)C3)c2c1C. The highest BCUT2D eigenvalue weighted by Gasteiger charge is 2.44. The number of ether oxygens (including phenoxy) is 2. The first kappa shape index (κ1) is 25.0. The van der Waals surface area contributed by atoms with Crippen LogP contribution in [0.25, 0.3) is 10.2 Å². The Morgan fingerprint density at radius 1 is 1.29 bits per heavy atom. The highest BCUT2D eigenvalue weighted by molar-refractivity contribution is 7.20. The number of nitrogens with one attached hydrogen (secondary N) is 1. The number of nitrogens with zero attached hydrogens (tertiary/aromatic N) is 3. The number of thiophene rings is 1. The van der Waals surface area contributed by atoms with E-state index in [1.807, 2.05) is 0 Å². The van der Waals surface area contributed by atoms with Crippen LogP contribution in [-0.4, -0.2) is 59.2 Å². The van der Waals surface area contributed by atoms with E-state index in [2.05, 4.69) is 15.3 Å². The van der Waals surface area contributed by atoms with Gasteiger partial charge in [0.05, 0.1) is 24.7 Å². The molecule has 0 saturated carbocycles. The summed E-state index contributed by atoms with van der Waals surface area (Å²) in [5.74, 6) is -1.67. The molecule has 2 aromatic heterocycles. The number of alkyl halides is 3. The maximum Gasteiger partial charge on any atom is 0.471 e. The van der Waals surface area contributed by atoms with Gasteiger partial charge in [0.25, 0.3) is 0 Å². The van der Waals surface area contributed by atoms with E-state index in [0.29, 0.717) is 50.0 Å². The average molecular weight is 529 g/mol. The van der Waals surface area contributed by atoms with Crippen LogP contribution in [0.1, 0.15) is 28.1 Å². The second-order valence-corrected chi connectivity index (χ2v) is 9.28. The summed E-state index contributed by atoms with van der Waals surface area (Å²) in [6.45, 7) is 1.57. The summed E-state index contributed by atoms with van der Waals surface area (Å²) in [7, 11) is 1.29. The zero-order valence-corrected chi connectivity index (χ0v) is 20.2. The Kier molecular flexibility index (Phi) is 7.04. The minimum Gasteiger partial charge on any atom is -0.486 e. The molecule has 0 bridgehead atoms. The molecule has 1 saturated heterocycles. The number of carbonyl (C=O) groups excluding carboxylic acids is 2. The molecule has 13 heteroatoms. The van der Waals surface area contributed by atoms with Gasteiger partial charge in [0.2, 0.25) is 0 Å². The molecule has 186 valence electrons. The van der Waals surface area contributed by atoms with Crippen LogP contribution < -0.4 is 10.1 Å². The molecule has 1 aliphatic rings. The monoisotopic (exact) mass is 528 g/mol. The molecule has 1 aliphatic heterocycles. The van der Waals surface area contributed by atoms with Crippen molar-refractivity contribution in [2.24, 2.45) is 0 Å². The molecule has 1 aromatic carbocycles. The largest absolute Gasteiger partial charge is 0.486 e. The number of fused-ring (bicyclic) bond motifs is 1. The lowest BCUT2D eigenvalue weighted by atomic mass is 10.1. The van der Waals surface area contributed by atoms with Crippen LogP contribution in [0.4, 0.5) is 24.7 Å². The van der Waals surface area contributed by atoms with Gasteiger partial charge in [-0.05, 0) is 37.5 Å². The number of hydrogen-bond acceptors (Lipinski definition) is 8. The third kappa shape index (κ3) is 5.27. The van der Waals surface area contributed by atoms with Crippen molar-refractivity contribution >= 4 is 56.5 Å². The molecular formula is C22H20ClF3N4O4S. The summed E-state index contributed by atoms with van der Waals surface area (Å²) in [5, 5.41) is 4.14. The summed E-state index contributed by atoms with van der Waals surface area (Å²) < 4.78 is 49.5. The van der Waals surface area contributed by atoms with Crippen molar-refractivity contribution in [3.8, 4) is 5.75 Å². The van der Waals surface area contributed by atoms with Crippen LogP contribution in [0.2, 0.25) is 5.02 Å². The number of halogens is 4. The third-order valence-corrected chi connectivity index (χ3v) is 6.91. The maximum atomic E-state index is 12.9. The number of amides is 1. The second kappa shape index (κ2) is 9.86. The van der Waals surface area contributed by atoms with Crippen molar-refractivity contribution in [3.05, 3.63) is 40.0 Å². The molecule has 1 fully saturated rings. The summed E-state index contributed by atoms with van der Waals surface area (Å²) in [5.41, 5.74) is 1.10. The Balaban J connectivity index is 1.62. The molecule has 0 radical (unpaired) electrons. The lowest BCUT2D eigenvalue weighted by molar-refractivity contribution is -0.187. The Hall–Kier alpha value is -3.12. The van der Waals surface area contributed by atoms with Gasteiger partial charge in [-0.25, -0.2) is 14.8 Å². The lowest BCUT2D eigenvalue weighted by Crippen LogP contribution is -2.49. The number of hydrogen-bond donors (Lipinski definition) is 1. The normalized spacial score (nSPS) is 16.3. The van der Waals surface area contributed by atoms with Crippen molar-refractivity contribution in [2.75, 3.05) is 25.5 Å². The minimum atomic E-state index is -4.94. The van der Waals surface area contributed by atoms with Gasteiger partial charge in [0.15, 0.2) is 0 Å². The average Bonchev–Trinajstić information content (AvgIpc) is 3.16.